The summed E-state index contributed by atoms with van der Waals surface area (Å²) in [5.74, 6) is -0.941. The van der Waals surface area contributed by atoms with Crippen LogP contribution in [0.3, 0.4) is 0 Å². The number of hydrogen-bond acceptors (Lipinski definition) is 5. The Kier molecular flexibility index (Phi) is 5.24. The van der Waals surface area contributed by atoms with Gasteiger partial charge in [0.25, 0.3) is 5.91 Å². The van der Waals surface area contributed by atoms with Gasteiger partial charge in [0.2, 0.25) is 11.6 Å². The van der Waals surface area contributed by atoms with Gasteiger partial charge in [-0.1, -0.05) is 48.0 Å². The van der Waals surface area contributed by atoms with Crippen molar-refractivity contribution in [1.82, 2.24) is 15.5 Å². The van der Waals surface area contributed by atoms with Crippen LogP contribution in [-0.2, 0) is 6.54 Å². The number of aromatic amines is 1. The number of hydrogen-bond donors (Lipinski definition) is 3. The van der Waals surface area contributed by atoms with Gasteiger partial charge < -0.3 is 10.6 Å². The van der Waals surface area contributed by atoms with E-state index in [1.165, 1.54) is 0 Å². The smallest absolute Gasteiger partial charge is 0.255 e. The number of benzene rings is 3. The molecule has 1 heterocycles. The normalized spacial score (nSPS) is 13.2. The molecule has 0 atom stereocenters. The van der Waals surface area contributed by atoms with E-state index in [2.05, 4.69) is 20.8 Å². The summed E-state index contributed by atoms with van der Waals surface area (Å²) in [6, 6.07) is 19.0. The van der Waals surface area contributed by atoms with E-state index in [0.29, 0.717) is 22.4 Å². The Balaban J connectivity index is 1.26. The van der Waals surface area contributed by atoms with Gasteiger partial charge in [-0.05, 0) is 35.9 Å². The first kappa shape index (κ1) is 20.7. The molecule has 5 rings (SSSR count). The van der Waals surface area contributed by atoms with E-state index in [-0.39, 0.29) is 34.7 Å². The van der Waals surface area contributed by atoms with Gasteiger partial charge in [-0.25, -0.2) is 0 Å². The highest BCUT2D eigenvalue weighted by molar-refractivity contribution is 6.49. The summed E-state index contributed by atoms with van der Waals surface area (Å²) < 4.78 is 0. The van der Waals surface area contributed by atoms with Crippen LogP contribution in [0.1, 0.15) is 36.6 Å². The van der Waals surface area contributed by atoms with Crippen molar-refractivity contribution in [3.8, 4) is 0 Å². The molecular weight excluding hydrogens is 440 g/mol. The van der Waals surface area contributed by atoms with Crippen molar-refractivity contribution in [1.29, 1.82) is 0 Å². The largest absolute Gasteiger partial charge is 0.376 e. The molecule has 1 amide bonds. The Morgan fingerprint density at radius 2 is 1.67 bits per heavy atom. The molecule has 1 aliphatic carbocycles. The van der Waals surface area contributed by atoms with Gasteiger partial charge in [-0.15, -0.1) is 0 Å². The SMILES string of the molecule is O=C(Nc1ccc2[nH]ncc2c1)c1ccc(CNC2=C(Cl)C(=O)c3ccccc3C2=O)cc1. The molecule has 1 aliphatic rings. The third kappa shape index (κ3) is 3.90. The van der Waals surface area contributed by atoms with Crippen LogP contribution in [0.5, 0.6) is 0 Å². The predicted molar refractivity (Wildman–Crippen MR) is 125 cm³/mol. The number of aromatic nitrogens is 2. The molecule has 0 saturated carbocycles. The number of carbonyl (C=O) groups is 3. The maximum absolute atomic E-state index is 12.8. The van der Waals surface area contributed by atoms with Crippen molar-refractivity contribution in [2.75, 3.05) is 5.32 Å². The highest BCUT2D eigenvalue weighted by Crippen LogP contribution is 2.27. The highest BCUT2D eigenvalue weighted by Gasteiger charge is 2.30. The molecule has 162 valence electrons. The third-order valence-corrected chi connectivity index (χ3v) is 5.81. The molecule has 4 aromatic rings. The summed E-state index contributed by atoms with van der Waals surface area (Å²) in [6.45, 7) is 0.270. The number of Topliss-reactive ketones (excluding diaryl/α,β-unsaturated/α-hetero) is 2. The van der Waals surface area contributed by atoms with E-state index in [1.54, 1.807) is 60.8 Å². The van der Waals surface area contributed by atoms with Gasteiger partial charge in [0.1, 0.15) is 10.7 Å². The van der Waals surface area contributed by atoms with Crippen molar-refractivity contribution in [2.45, 2.75) is 6.54 Å². The molecule has 0 bridgehead atoms. The Morgan fingerprint density at radius 3 is 2.42 bits per heavy atom. The zero-order valence-electron chi connectivity index (χ0n) is 17.2. The topological polar surface area (TPSA) is 104 Å². The number of ketones is 2. The predicted octanol–water partition coefficient (Wildman–Crippen LogP) is 4.43. The van der Waals surface area contributed by atoms with E-state index in [0.717, 1.165) is 16.5 Å². The highest BCUT2D eigenvalue weighted by atomic mass is 35.5. The van der Waals surface area contributed by atoms with Crippen LogP contribution in [0.2, 0.25) is 0 Å². The number of amides is 1. The van der Waals surface area contributed by atoms with Crippen molar-refractivity contribution in [3.05, 3.63) is 106 Å². The fourth-order valence-electron chi connectivity index (χ4n) is 3.69. The zero-order chi connectivity index (χ0) is 22.9. The Hall–Kier alpha value is -4.23. The van der Waals surface area contributed by atoms with Crippen LogP contribution < -0.4 is 10.6 Å². The molecule has 7 nitrogen and oxygen atoms in total. The van der Waals surface area contributed by atoms with Gasteiger partial charge in [0.05, 0.1) is 11.7 Å². The number of nitrogens with zero attached hydrogens (tertiary/aromatic N) is 1. The van der Waals surface area contributed by atoms with E-state index in [1.807, 2.05) is 12.1 Å². The quantitative estimate of drug-likeness (QED) is 0.412. The van der Waals surface area contributed by atoms with Gasteiger partial charge in [-0.3, -0.25) is 19.5 Å². The van der Waals surface area contributed by atoms with Gasteiger partial charge in [0, 0.05) is 34.3 Å². The second kappa shape index (κ2) is 8.37. The van der Waals surface area contributed by atoms with Crippen molar-refractivity contribution >= 4 is 45.7 Å². The van der Waals surface area contributed by atoms with E-state index in [4.69, 9.17) is 11.6 Å². The average Bonchev–Trinajstić information content (AvgIpc) is 3.31. The lowest BCUT2D eigenvalue weighted by Gasteiger charge is -2.19. The van der Waals surface area contributed by atoms with Crippen LogP contribution in [0.15, 0.2) is 83.7 Å². The second-order valence-corrected chi connectivity index (χ2v) is 7.95. The molecule has 0 aliphatic heterocycles. The minimum Gasteiger partial charge on any atom is -0.376 e. The maximum Gasteiger partial charge on any atom is 0.255 e. The summed E-state index contributed by atoms with van der Waals surface area (Å²) in [4.78, 5) is 37.8. The molecule has 0 spiro atoms. The summed E-state index contributed by atoms with van der Waals surface area (Å²) in [5.41, 5.74) is 3.58. The summed E-state index contributed by atoms with van der Waals surface area (Å²) in [7, 11) is 0. The first-order valence-corrected chi connectivity index (χ1v) is 10.5. The van der Waals surface area contributed by atoms with E-state index in [9.17, 15) is 14.4 Å². The third-order valence-electron chi connectivity index (χ3n) is 5.45. The molecule has 1 aromatic heterocycles. The number of H-pyrrole nitrogens is 1. The van der Waals surface area contributed by atoms with Gasteiger partial charge >= 0.3 is 0 Å². The van der Waals surface area contributed by atoms with Crippen molar-refractivity contribution in [3.63, 3.8) is 0 Å². The van der Waals surface area contributed by atoms with Crippen LogP contribution in [0, 0.1) is 0 Å². The van der Waals surface area contributed by atoms with Crippen LogP contribution in [0.25, 0.3) is 10.9 Å². The standard InChI is InChI=1S/C25H17ClN4O3/c26-21-22(24(32)19-4-2-1-3-18(19)23(21)31)27-12-14-5-7-15(8-6-14)25(33)29-17-9-10-20-16(11-17)13-28-30-20/h1-11,13,27H,12H2,(H,28,30)(H,29,33). The number of carbonyl (C=O) groups excluding carboxylic acids is 3. The lowest BCUT2D eigenvalue weighted by Crippen LogP contribution is -2.28. The fraction of sp³-hybridized carbons (Fsp3) is 0.0400. The summed E-state index contributed by atoms with van der Waals surface area (Å²) in [6.07, 6.45) is 1.69. The Labute approximate surface area is 193 Å². The van der Waals surface area contributed by atoms with Crippen LogP contribution in [-0.4, -0.2) is 27.7 Å². The monoisotopic (exact) mass is 456 g/mol. The zero-order valence-corrected chi connectivity index (χ0v) is 17.9. The number of halogens is 1. The summed E-state index contributed by atoms with van der Waals surface area (Å²) >= 11 is 6.18. The minimum absolute atomic E-state index is 0.0804. The molecule has 3 aromatic carbocycles. The second-order valence-electron chi connectivity index (χ2n) is 7.57. The summed E-state index contributed by atoms with van der Waals surface area (Å²) in [5, 5.41) is 13.5. The molecule has 0 radical (unpaired) electrons. The van der Waals surface area contributed by atoms with Gasteiger partial charge in [0.15, 0.2) is 0 Å². The molecule has 0 saturated heterocycles. The Morgan fingerprint density at radius 1 is 0.939 bits per heavy atom. The molecule has 0 unspecified atom stereocenters. The average molecular weight is 457 g/mol. The van der Waals surface area contributed by atoms with E-state index >= 15 is 0 Å². The molecule has 8 heteroatoms. The maximum atomic E-state index is 12.8. The minimum atomic E-state index is -0.380. The first-order chi connectivity index (χ1) is 16.0. The van der Waals surface area contributed by atoms with Crippen LogP contribution in [0.4, 0.5) is 5.69 Å². The fourth-order valence-corrected chi connectivity index (χ4v) is 3.95. The molecule has 3 N–H and O–H groups in total. The van der Waals surface area contributed by atoms with Crippen LogP contribution >= 0.6 is 11.6 Å². The molecule has 33 heavy (non-hydrogen) atoms. The Bertz CT molecular complexity index is 1450. The number of allylic oxidation sites excluding steroid dienone is 2. The van der Waals surface area contributed by atoms with Gasteiger partial charge in [-0.2, -0.15) is 5.10 Å². The van der Waals surface area contributed by atoms with Crippen molar-refractivity contribution in [2.24, 2.45) is 0 Å². The number of anilines is 1. The lowest BCUT2D eigenvalue weighted by atomic mass is 9.92. The van der Waals surface area contributed by atoms with E-state index < -0.39 is 0 Å². The first-order valence-electron chi connectivity index (χ1n) is 10.2. The lowest BCUT2D eigenvalue weighted by molar-refractivity contribution is 0.0974. The molecule has 0 fully saturated rings. The number of rotatable bonds is 5. The molecular formula is C25H17ClN4O3. The van der Waals surface area contributed by atoms with Crippen molar-refractivity contribution < 1.29 is 14.4 Å². The number of fused-ring (bicyclic) bond motifs is 2. The number of nitrogens with one attached hydrogen (secondary N) is 3.